The van der Waals surface area contributed by atoms with Crippen molar-refractivity contribution in [3.05, 3.63) is 28.8 Å². The second-order valence-corrected chi connectivity index (χ2v) is 4.98. The van der Waals surface area contributed by atoms with Gasteiger partial charge in [0.25, 0.3) is 0 Å². The first-order chi connectivity index (χ1) is 7.04. The predicted molar refractivity (Wildman–Crippen MR) is 60.3 cm³/mol. The second kappa shape index (κ2) is 6.88. The number of carbonyl (C=O) groups is 1. The number of halogens is 1. The summed E-state index contributed by atoms with van der Waals surface area (Å²) in [5.74, 6) is -0.622. The average Bonchev–Trinajstić information content (AvgIpc) is 2.19. The SMILES string of the molecule is O=C(O)C1(O)CCSc2ccc(Cl)cc21.[K+].[OH-]. The molecule has 0 amide bonds. The molecule has 0 saturated carbocycles. The number of rotatable bonds is 1. The van der Waals surface area contributed by atoms with Crippen molar-refractivity contribution in [3.63, 3.8) is 0 Å². The number of carboxylic acid groups (broad SMARTS) is 1. The third-order valence-corrected chi connectivity index (χ3v) is 3.77. The maximum absolute atomic E-state index is 11.0. The molecule has 0 fully saturated rings. The molecule has 1 aliphatic rings. The van der Waals surface area contributed by atoms with E-state index in [1.165, 1.54) is 17.8 Å². The van der Waals surface area contributed by atoms with Crippen molar-refractivity contribution < 1.29 is 71.9 Å². The Hall–Kier alpha value is 0.886. The van der Waals surface area contributed by atoms with Gasteiger partial charge in [-0.05, 0) is 18.2 Å². The van der Waals surface area contributed by atoms with Crippen molar-refractivity contribution in [2.75, 3.05) is 5.75 Å². The minimum atomic E-state index is -1.79. The second-order valence-electron chi connectivity index (χ2n) is 3.40. The molecule has 0 saturated heterocycles. The van der Waals surface area contributed by atoms with Crippen LogP contribution in [0.15, 0.2) is 23.1 Å². The fraction of sp³-hybridized carbons (Fsp3) is 0.300. The zero-order valence-electron chi connectivity index (χ0n) is 9.18. The molecule has 0 aliphatic carbocycles. The quantitative estimate of drug-likeness (QED) is 0.645. The average molecular weight is 301 g/mol. The summed E-state index contributed by atoms with van der Waals surface area (Å²) < 4.78 is 0. The van der Waals surface area contributed by atoms with Gasteiger partial charge in [0.1, 0.15) is 0 Å². The van der Waals surface area contributed by atoms with Crippen LogP contribution in [0.25, 0.3) is 0 Å². The van der Waals surface area contributed by atoms with Crippen molar-refractivity contribution in [3.8, 4) is 0 Å². The number of fused-ring (bicyclic) bond motifs is 1. The molecule has 1 aromatic rings. The van der Waals surface area contributed by atoms with Crippen molar-refractivity contribution in [2.24, 2.45) is 0 Å². The molecular weight excluding hydrogens is 291 g/mol. The van der Waals surface area contributed by atoms with E-state index in [0.29, 0.717) is 16.3 Å². The van der Waals surface area contributed by atoms with Crippen LogP contribution in [0, 0.1) is 0 Å². The molecule has 1 aromatic carbocycles. The normalized spacial score (nSPS) is 21.8. The first kappa shape index (κ1) is 17.9. The van der Waals surface area contributed by atoms with Gasteiger partial charge in [0.15, 0.2) is 5.60 Å². The number of aliphatic carboxylic acids is 1. The van der Waals surface area contributed by atoms with Crippen LogP contribution < -0.4 is 51.4 Å². The van der Waals surface area contributed by atoms with Gasteiger partial charge in [0.05, 0.1) is 0 Å². The largest absolute Gasteiger partial charge is 1.00 e. The van der Waals surface area contributed by atoms with Crippen molar-refractivity contribution >= 4 is 29.3 Å². The summed E-state index contributed by atoms with van der Waals surface area (Å²) in [6.07, 6.45) is 0.209. The van der Waals surface area contributed by atoms with E-state index in [9.17, 15) is 9.90 Å². The van der Waals surface area contributed by atoms with Crippen molar-refractivity contribution in [2.45, 2.75) is 16.9 Å². The van der Waals surface area contributed by atoms with E-state index in [1.807, 2.05) is 0 Å². The molecule has 2 rings (SSSR count). The predicted octanol–water partition coefficient (Wildman–Crippen LogP) is -1.06. The molecule has 88 valence electrons. The molecular formula is C10H10ClKO4S. The van der Waals surface area contributed by atoms with Gasteiger partial charge in [-0.3, -0.25) is 0 Å². The number of hydrogen-bond donors (Lipinski definition) is 2. The van der Waals surface area contributed by atoms with Crippen LogP contribution >= 0.6 is 23.4 Å². The minimum absolute atomic E-state index is 0. The summed E-state index contributed by atoms with van der Waals surface area (Å²) in [5, 5.41) is 19.5. The summed E-state index contributed by atoms with van der Waals surface area (Å²) in [7, 11) is 0. The van der Waals surface area contributed by atoms with Crippen molar-refractivity contribution in [1.29, 1.82) is 0 Å². The van der Waals surface area contributed by atoms with E-state index >= 15 is 0 Å². The number of carboxylic acids is 1. The Kier molecular flexibility index (Phi) is 7.24. The third-order valence-electron chi connectivity index (χ3n) is 2.46. The van der Waals surface area contributed by atoms with E-state index in [0.717, 1.165) is 4.90 Å². The van der Waals surface area contributed by atoms with E-state index < -0.39 is 11.6 Å². The Morgan fingerprint density at radius 2 is 2.12 bits per heavy atom. The van der Waals surface area contributed by atoms with Crippen LogP contribution in [0.5, 0.6) is 0 Å². The smallest absolute Gasteiger partial charge is 0.870 e. The van der Waals surface area contributed by atoms with E-state index in [1.54, 1.807) is 12.1 Å². The van der Waals surface area contributed by atoms with Gasteiger partial charge in [-0.1, -0.05) is 11.6 Å². The van der Waals surface area contributed by atoms with Gasteiger partial charge in [0.2, 0.25) is 0 Å². The molecule has 0 bridgehead atoms. The maximum atomic E-state index is 11.0. The van der Waals surface area contributed by atoms with Gasteiger partial charge >= 0.3 is 57.4 Å². The van der Waals surface area contributed by atoms with E-state index in [2.05, 4.69) is 0 Å². The number of aliphatic hydroxyl groups is 1. The van der Waals surface area contributed by atoms with Crippen LogP contribution in [0.4, 0.5) is 0 Å². The van der Waals surface area contributed by atoms with Crippen molar-refractivity contribution in [1.82, 2.24) is 0 Å². The Morgan fingerprint density at radius 1 is 1.47 bits per heavy atom. The fourth-order valence-corrected chi connectivity index (χ4v) is 2.95. The van der Waals surface area contributed by atoms with E-state index in [4.69, 9.17) is 16.7 Å². The zero-order chi connectivity index (χ0) is 11.1. The summed E-state index contributed by atoms with van der Waals surface area (Å²) in [5.41, 5.74) is -1.38. The molecule has 1 unspecified atom stereocenters. The maximum Gasteiger partial charge on any atom is 1.00 e. The zero-order valence-corrected chi connectivity index (χ0v) is 13.9. The number of benzene rings is 1. The molecule has 4 nitrogen and oxygen atoms in total. The summed E-state index contributed by atoms with van der Waals surface area (Å²) in [6.45, 7) is 0. The van der Waals surface area contributed by atoms with Gasteiger partial charge in [0, 0.05) is 27.7 Å². The van der Waals surface area contributed by atoms with Gasteiger partial charge in [-0.2, -0.15) is 0 Å². The molecule has 1 atom stereocenters. The topological polar surface area (TPSA) is 87.5 Å². The monoisotopic (exact) mass is 300 g/mol. The Morgan fingerprint density at radius 3 is 2.71 bits per heavy atom. The molecule has 3 N–H and O–H groups in total. The molecule has 0 radical (unpaired) electrons. The van der Waals surface area contributed by atoms with Gasteiger partial charge < -0.3 is 15.7 Å². The van der Waals surface area contributed by atoms with Crippen LogP contribution in [0.2, 0.25) is 5.02 Å². The molecule has 0 aromatic heterocycles. The first-order valence-electron chi connectivity index (χ1n) is 4.42. The molecule has 17 heavy (non-hydrogen) atoms. The Bertz CT molecular complexity index is 429. The summed E-state index contributed by atoms with van der Waals surface area (Å²) in [6, 6.07) is 4.97. The number of thioether (sulfide) groups is 1. The fourth-order valence-electron chi connectivity index (χ4n) is 1.62. The Balaban J connectivity index is 0.00000128. The third kappa shape index (κ3) is 3.46. The number of hydrogen-bond acceptors (Lipinski definition) is 4. The van der Waals surface area contributed by atoms with Crippen LogP contribution in [-0.2, 0) is 10.4 Å². The van der Waals surface area contributed by atoms with Crippen LogP contribution in [-0.4, -0.2) is 27.4 Å². The van der Waals surface area contributed by atoms with E-state index in [-0.39, 0.29) is 63.3 Å². The minimum Gasteiger partial charge on any atom is -0.870 e. The van der Waals surface area contributed by atoms with Crippen LogP contribution in [0.3, 0.4) is 0 Å². The molecule has 1 heterocycles. The molecule has 7 heteroatoms. The Labute approximate surface area is 150 Å². The first-order valence-corrected chi connectivity index (χ1v) is 5.79. The van der Waals surface area contributed by atoms with Crippen LogP contribution in [0.1, 0.15) is 12.0 Å². The summed E-state index contributed by atoms with van der Waals surface area (Å²) >= 11 is 7.33. The summed E-state index contributed by atoms with van der Waals surface area (Å²) in [4.78, 5) is 11.8. The standard InChI is InChI=1S/C10H9ClO3S.K.H2O/c11-6-1-2-8-7(5-6)10(14,9(12)13)3-4-15-8;;/h1-2,5,14H,3-4H2,(H,12,13);;1H2/q;+1;/p-1. The molecule has 1 aliphatic heterocycles. The van der Waals surface area contributed by atoms with Gasteiger partial charge in [-0.25, -0.2) is 4.79 Å². The molecule has 0 spiro atoms. The van der Waals surface area contributed by atoms with Gasteiger partial charge in [-0.15, -0.1) is 11.8 Å².